The first-order chi connectivity index (χ1) is 9.42. The van der Waals surface area contributed by atoms with Crippen LogP contribution in [0.15, 0.2) is 42.7 Å². The van der Waals surface area contributed by atoms with E-state index in [4.69, 9.17) is 0 Å². The number of rotatable bonds is 4. The van der Waals surface area contributed by atoms with Gasteiger partial charge in [-0.15, -0.1) is 0 Å². The Labute approximate surface area is 113 Å². The molecule has 1 unspecified atom stereocenters. The number of nitrogens with one attached hydrogen (secondary N) is 2. The Bertz CT molecular complexity index is 503. The summed E-state index contributed by atoms with van der Waals surface area (Å²) in [4.78, 5) is 8.75. The van der Waals surface area contributed by atoms with Gasteiger partial charge in [-0.05, 0) is 31.0 Å². The van der Waals surface area contributed by atoms with Crippen LogP contribution in [0.25, 0.3) is 11.1 Å². The number of aromatic nitrogens is 2. The highest BCUT2D eigenvalue weighted by Gasteiger charge is 2.14. The van der Waals surface area contributed by atoms with Crippen LogP contribution >= 0.6 is 0 Å². The summed E-state index contributed by atoms with van der Waals surface area (Å²) in [6.45, 7) is 3.16. The molecule has 1 atom stereocenters. The van der Waals surface area contributed by atoms with Crippen LogP contribution in [0.2, 0.25) is 0 Å². The SMILES string of the molecule is c1ccc(-c2cnc(NCC3CCNC3)nc2)cc1. The number of nitrogens with zero attached hydrogens (tertiary/aromatic N) is 2. The van der Waals surface area contributed by atoms with Gasteiger partial charge in [0.25, 0.3) is 0 Å². The molecule has 1 aromatic carbocycles. The third-order valence-corrected chi connectivity index (χ3v) is 3.47. The summed E-state index contributed by atoms with van der Waals surface area (Å²) in [6.07, 6.45) is 4.98. The fourth-order valence-electron chi connectivity index (χ4n) is 2.32. The first kappa shape index (κ1) is 12.1. The fraction of sp³-hybridized carbons (Fsp3) is 0.333. The smallest absolute Gasteiger partial charge is 0.222 e. The molecule has 2 heterocycles. The lowest BCUT2D eigenvalue weighted by atomic mass is 10.1. The number of benzene rings is 1. The van der Waals surface area contributed by atoms with E-state index in [0.29, 0.717) is 11.9 Å². The Morgan fingerprint density at radius 3 is 2.58 bits per heavy atom. The fourth-order valence-corrected chi connectivity index (χ4v) is 2.32. The minimum atomic E-state index is 0.692. The molecule has 1 saturated heterocycles. The molecule has 98 valence electrons. The van der Waals surface area contributed by atoms with Crippen molar-refractivity contribution >= 4 is 5.95 Å². The monoisotopic (exact) mass is 254 g/mol. The second-order valence-electron chi connectivity index (χ2n) is 4.90. The molecule has 0 amide bonds. The molecule has 1 fully saturated rings. The van der Waals surface area contributed by atoms with Crippen molar-refractivity contribution in [2.24, 2.45) is 5.92 Å². The van der Waals surface area contributed by atoms with Gasteiger partial charge < -0.3 is 10.6 Å². The summed E-state index contributed by atoms with van der Waals surface area (Å²) in [5, 5.41) is 6.66. The third kappa shape index (κ3) is 3.09. The number of hydrogen-bond acceptors (Lipinski definition) is 4. The van der Waals surface area contributed by atoms with Crippen LogP contribution in [-0.4, -0.2) is 29.6 Å². The van der Waals surface area contributed by atoms with E-state index in [1.165, 1.54) is 6.42 Å². The molecular weight excluding hydrogens is 236 g/mol. The summed E-state index contributed by atoms with van der Waals surface area (Å²) >= 11 is 0. The van der Waals surface area contributed by atoms with Gasteiger partial charge in [0.15, 0.2) is 0 Å². The van der Waals surface area contributed by atoms with Crippen LogP contribution in [0.1, 0.15) is 6.42 Å². The predicted octanol–water partition coefficient (Wildman–Crippen LogP) is 2.17. The first-order valence-electron chi connectivity index (χ1n) is 6.74. The van der Waals surface area contributed by atoms with Gasteiger partial charge in [0.05, 0.1) is 0 Å². The Morgan fingerprint density at radius 2 is 1.89 bits per heavy atom. The zero-order chi connectivity index (χ0) is 12.9. The summed E-state index contributed by atoms with van der Waals surface area (Å²) < 4.78 is 0. The van der Waals surface area contributed by atoms with Gasteiger partial charge in [0.2, 0.25) is 5.95 Å². The summed E-state index contributed by atoms with van der Waals surface area (Å²) in [5.41, 5.74) is 2.20. The number of hydrogen-bond donors (Lipinski definition) is 2. The van der Waals surface area contributed by atoms with Crippen LogP contribution in [0, 0.1) is 5.92 Å². The van der Waals surface area contributed by atoms with Crippen molar-refractivity contribution < 1.29 is 0 Å². The van der Waals surface area contributed by atoms with Crippen LogP contribution in [-0.2, 0) is 0 Å². The molecule has 3 rings (SSSR count). The molecule has 1 aliphatic heterocycles. The molecule has 19 heavy (non-hydrogen) atoms. The molecule has 0 aliphatic carbocycles. The lowest BCUT2D eigenvalue weighted by Gasteiger charge is -2.10. The lowest BCUT2D eigenvalue weighted by molar-refractivity contribution is 0.613. The third-order valence-electron chi connectivity index (χ3n) is 3.47. The lowest BCUT2D eigenvalue weighted by Crippen LogP contribution is -2.18. The molecule has 2 N–H and O–H groups in total. The molecule has 2 aromatic rings. The Morgan fingerprint density at radius 1 is 1.11 bits per heavy atom. The zero-order valence-electron chi connectivity index (χ0n) is 10.8. The molecular formula is C15H18N4. The second kappa shape index (κ2) is 5.80. The van der Waals surface area contributed by atoms with Gasteiger partial charge in [-0.3, -0.25) is 0 Å². The topological polar surface area (TPSA) is 49.8 Å². The highest BCUT2D eigenvalue weighted by molar-refractivity contribution is 5.61. The molecule has 0 spiro atoms. The molecule has 4 heteroatoms. The predicted molar refractivity (Wildman–Crippen MR) is 76.9 cm³/mol. The maximum absolute atomic E-state index is 4.37. The van der Waals surface area contributed by atoms with E-state index in [9.17, 15) is 0 Å². The molecule has 0 bridgehead atoms. The Balaban J connectivity index is 1.62. The zero-order valence-corrected chi connectivity index (χ0v) is 10.8. The second-order valence-corrected chi connectivity index (χ2v) is 4.90. The van der Waals surface area contributed by atoms with Gasteiger partial charge in [0.1, 0.15) is 0 Å². The molecule has 1 aliphatic rings. The van der Waals surface area contributed by atoms with Crippen molar-refractivity contribution in [3.8, 4) is 11.1 Å². The Hall–Kier alpha value is -1.94. The average molecular weight is 254 g/mol. The highest BCUT2D eigenvalue weighted by Crippen LogP contribution is 2.17. The van der Waals surface area contributed by atoms with E-state index in [1.807, 2.05) is 30.6 Å². The first-order valence-corrected chi connectivity index (χ1v) is 6.74. The summed E-state index contributed by atoms with van der Waals surface area (Å²) in [7, 11) is 0. The summed E-state index contributed by atoms with van der Waals surface area (Å²) in [6, 6.07) is 10.2. The van der Waals surface area contributed by atoms with E-state index in [-0.39, 0.29) is 0 Å². The van der Waals surface area contributed by atoms with Crippen LogP contribution < -0.4 is 10.6 Å². The Kier molecular flexibility index (Phi) is 3.70. The van der Waals surface area contributed by atoms with E-state index in [2.05, 4.69) is 32.7 Å². The average Bonchev–Trinajstić information content (AvgIpc) is 3.00. The maximum Gasteiger partial charge on any atom is 0.222 e. The highest BCUT2D eigenvalue weighted by atomic mass is 15.1. The van der Waals surface area contributed by atoms with Crippen molar-refractivity contribution in [3.05, 3.63) is 42.7 Å². The van der Waals surface area contributed by atoms with E-state index in [0.717, 1.165) is 30.8 Å². The van der Waals surface area contributed by atoms with E-state index >= 15 is 0 Å². The number of anilines is 1. The van der Waals surface area contributed by atoms with Crippen molar-refractivity contribution in [2.45, 2.75) is 6.42 Å². The van der Waals surface area contributed by atoms with Gasteiger partial charge in [0, 0.05) is 24.5 Å². The van der Waals surface area contributed by atoms with Crippen molar-refractivity contribution in [1.82, 2.24) is 15.3 Å². The maximum atomic E-state index is 4.37. The summed E-state index contributed by atoms with van der Waals surface area (Å²) in [5.74, 6) is 1.41. The minimum Gasteiger partial charge on any atom is -0.354 e. The largest absolute Gasteiger partial charge is 0.354 e. The minimum absolute atomic E-state index is 0.692. The van der Waals surface area contributed by atoms with E-state index in [1.54, 1.807) is 0 Å². The van der Waals surface area contributed by atoms with Crippen LogP contribution in [0.4, 0.5) is 5.95 Å². The van der Waals surface area contributed by atoms with Gasteiger partial charge in [-0.1, -0.05) is 30.3 Å². The van der Waals surface area contributed by atoms with Crippen LogP contribution in [0.5, 0.6) is 0 Å². The van der Waals surface area contributed by atoms with Gasteiger partial charge in [-0.2, -0.15) is 0 Å². The molecule has 0 saturated carbocycles. The standard InChI is InChI=1S/C15H18N4/c1-2-4-13(5-3-1)14-10-18-15(19-11-14)17-9-12-6-7-16-8-12/h1-5,10-12,16H,6-9H2,(H,17,18,19). The van der Waals surface area contributed by atoms with Gasteiger partial charge >= 0.3 is 0 Å². The van der Waals surface area contributed by atoms with Crippen molar-refractivity contribution in [2.75, 3.05) is 25.0 Å². The van der Waals surface area contributed by atoms with Crippen molar-refractivity contribution in [1.29, 1.82) is 0 Å². The normalized spacial score (nSPS) is 18.4. The van der Waals surface area contributed by atoms with Crippen LogP contribution in [0.3, 0.4) is 0 Å². The molecule has 0 radical (unpaired) electrons. The van der Waals surface area contributed by atoms with Crippen molar-refractivity contribution in [3.63, 3.8) is 0 Å². The van der Waals surface area contributed by atoms with E-state index < -0.39 is 0 Å². The molecule has 1 aromatic heterocycles. The quantitative estimate of drug-likeness (QED) is 0.878. The van der Waals surface area contributed by atoms with Gasteiger partial charge in [-0.25, -0.2) is 9.97 Å². The molecule has 4 nitrogen and oxygen atoms in total.